The average molecular weight is 1070 g/mol. The van der Waals surface area contributed by atoms with E-state index in [1.807, 2.05) is 26.0 Å². The average Bonchev–Trinajstić information content (AvgIpc) is 4.22. The van der Waals surface area contributed by atoms with Crippen molar-refractivity contribution < 1.29 is 62.9 Å². The summed E-state index contributed by atoms with van der Waals surface area (Å²) in [5.41, 5.74) is 15.7. The Kier molecular flexibility index (Phi) is 18.3. The van der Waals surface area contributed by atoms with Crippen molar-refractivity contribution in [1.29, 1.82) is 0 Å². The van der Waals surface area contributed by atoms with E-state index in [4.69, 9.17) is 39.9 Å². The molecule has 0 radical (unpaired) electrons. The lowest BCUT2D eigenvalue weighted by atomic mass is 9.99. The standard InChI is InChI=1S/C51H67N13O13/c1-6-63-35(22-29(3)58-63)47(70)56-50-54-33-24-31(45(52)68)26-37(74-17-10-12-60-15-20-73-21-16-60)40(33)61(50)13-8-9-14-62-41-34(55-51(62)57-48(71)36-23-30(4)59-64(36)7-2)25-32(46(53)69)27-38(41)75-18-11-19-76-44-43(67)42(66)39(28-65)77-49(44)72-5/h8-9,22-27,39,42-44,49,65-67H,6-7,10-21,28H2,1-5H3,(H2,52,68)(H2,53,69)(H,54,56,70)(H,55,57,71)/b9-8+/t39-,42-,43+,44-,49+/m1/s1. The van der Waals surface area contributed by atoms with Gasteiger partial charge in [0, 0.05) is 70.5 Å². The first-order chi connectivity index (χ1) is 37.1. The number of benzene rings is 2. The number of primary amides is 2. The third-order valence-electron chi connectivity index (χ3n) is 13.2. The fourth-order valence-electron chi connectivity index (χ4n) is 9.35. The number of imidazole rings is 2. The number of hydrogen-bond donors (Lipinski definition) is 7. The number of aryl methyl sites for hydroxylation is 4. The van der Waals surface area contributed by atoms with Crippen LogP contribution in [0.4, 0.5) is 0 Å². The van der Waals surface area contributed by atoms with Crippen molar-refractivity contribution in [1.82, 2.24) is 43.6 Å². The summed E-state index contributed by atoms with van der Waals surface area (Å²) >= 11 is 0. The molecule has 2 aliphatic rings. The number of carbonyl (C=O) groups excluding carboxylic acids is 4. The highest BCUT2D eigenvalue weighted by Gasteiger charge is 2.45. The molecule has 4 aromatic heterocycles. The molecule has 0 spiro atoms. The Hall–Kier alpha value is -7.30. The van der Waals surface area contributed by atoms with E-state index in [0.29, 0.717) is 78.5 Å². The highest BCUT2D eigenvalue weighted by atomic mass is 16.7. The number of aromatic amines is 2. The number of carbonyl (C=O) groups is 4. The highest BCUT2D eigenvalue weighted by molar-refractivity contribution is 5.99. The van der Waals surface area contributed by atoms with E-state index in [2.05, 4.69) is 35.1 Å². The molecule has 2 saturated heterocycles. The van der Waals surface area contributed by atoms with Crippen LogP contribution in [0.15, 0.2) is 58.5 Å². The fraction of sp³-hybridized carbons (Fsp3) is 0.490. The smallest absolute Gasteiger partial charge is 0.298 e. The first-order valence-corrected chi connectivity index (χ1v) is 25.5. The SMILES string of the molecule is CCn1nc(C)cc1C(=O)/N=c1/[nH]c2cc(C(N)=O)cc(OCCCN3CCOCC3)c2n1C/C=C/Cn1/c(=N/C(=O)c2cc(C)nn2CC)[nH]c2cc(C(N)=O)cc(OCCCO[C@H]3[C@@H](OC)O[C@H](CO)[C@@H](O)[C@@H]3O)c21. The van der Waals surface area contributed by atoms with Gasteiger partial charge in [-0.25, -0.2) is 0 Å². The largest absolute Gasteiger partial charge is 0.491 e. The van der Waals surface area contributed by atoms with Gasteiger partial charge in [0.15, 0.2) is 6.29 Å². The van der Waals surface area contributed by atoms with Crippen molar-refractivity contribution in [3.8, 4) is 11.5 Å². The third kappa shape index (κ3) is 12.8. The lowest BCUT2D eigenvalue weighted by Gasteiger charge is -2.41. The number of allylic oxidation sites excluding steroid dienone is 2. The van der Waals surface area contributed by atoms with Crippen molar-refractivity contribution in [3.05, 3.63) is 93.7 Å². The highest BCUT2D eigenvalue weighted by Crippen LogP contribution is 2.29. The molecule has 6 aromatic rings. The van der Waals surface area contributed by atoms with Crippen LogP contribution < -0.4 is 32.2 Å². The lowest BCUT2D eigenvalue weighted by Crippen LogP contribution is -2.59. The fourth-order valence-corrected chi connectivity index (χ4v) is 9.35. The summed E-state index contributed by atoms with van der Waals surface area (Å²) in [5.74, 6) is -2.04. The van der Waals surface area contributed by atoms with Crippen molar-refractivity contribution in [2.75, 3.05) is 66.4 Å². The van der Waals surface area contributed by atoms with Crippen molar-refractivity contribution in [3.63, 3.8) is 0 Å². The summed E-state index contributed by atoms with van der Waals surface area (Å²) in [7, 11) is 1.35. The summed E-state index contributed by atoms with van der Waals surface area (Å²) < 4.78 is 41.6. The van der Waals surface area contributed by atoms with Gasteiger partial charge < -0.3 is 74.3 Å². The molecule has 8 rings (SSSR count). The Morgan fingerprint density at radius 3 is 1.73 bits per heavy atom. The monoisotopic (exact) mass is 1070 g/mol. The van der Waals surface area contributed by atoms with Gasteiger partial charge in [0.2, 0.25) is 23.1 Å². The second kappa shape index (κ2) is 25.2. The molecule has 2 aliphatic heterocycles. The van der Waals surface area contributed by atoms with Crippen LogP contribution in [-0.2, 0) is 45.1 Å². The van der Waals surface area contributed by atoms with Crippen molar-refractivity contribution >= 4 is 45.7 Å². The molecule has 6 heterocycles. The van der Waals surface area contributed by atoms with Crippen LogP contribution in [0.3, 0.4) is 0 Å². The number of nitrogens with one attached hydrogen (secondary N) is 2. The molecule has 5 atom stereocenters. The number of morpholine rings is 1. The van der Waals surface area contributed by atoms with E-state index >= 15 is 0 Å². The number of aromatic nitrogens is 8. The zero-order chi connectivity index (χ0) is 54.9. The number of nitrogens with two attached hydrogens (primary N) is 2. The zero-order valence-corrected chi connectivity index (χ0v) is 43.7. The second-order valence-electron chi connectivity index (χ2n) is 18.5. The predicted octanol–water partition coefficient (Wildman–Crippen LogP) is 0.579. The van der Waals surface area contributed by atoms with Gasteiger partial charge in [-0.05, 0) is 70.5 Å². The van der Waals surface area contributed by atoms with Gasteiger partial charge in [0.25, 0.3) is 11.8 Å². The molecule has 0 unspecified atom stereocenters. The number of aliphatic hydroxyl groups is 3. The molecule has 414 valence electrons. The predicted molar refractivity (Wildman–Crippen MR) is 276 cm³/mol. The molecule has 2 aromatic carbocycles. The van der Waals surface area contributed by atoms with E-state index in [9.17, 15) is 34.5 Å². The molecule has 2 fully saturated rings. The molecular weight excluding hydrogens is 1000 g/mol. The van der Waals surface area contributed by atoms with E-state index in [-0.39, 0.29) is 72.2 Å². The number of amides is 4. The lowest BCUT2D eigenvalue weighted by molar-refractivity contribution is -0.303. The quantitative estimate of drug-likeness (QED) is 0.0341. The summed E-state index contributed by atoms with van der Waals surface area (Å²) in [6.45, 7) is 11.8. The Morgan fingerprint density at radius 1 is 0.753 bits per heavy atom. The van der Waals surface area contributed by atoms with E-state index in [1.54, 1.807) is 56.6 Å². The van der Waals surface area contributed by atoms with Gasteiger partial charge in [0.05, 0.1) is 62.1 Å². The normalized spacial score (nSPS) is 19.8. The van der Waals surface area contributed by atoms with E-state index < -0.39 is 60.9 Å². The van der Waals surface area contributed by atoms with Crippen molar-refractivity contribution in [2.24, 2.45) is 21.5 Å². The maximum absolute atomic E-state index is 14.0. The summed E-state index contributed by atoms with van der Waals surface area (Å²) in [5, 5.41) is 39.7. The number of nitrogens with zero attached hydrogens (tertiary/aromatic N) is 9. The number of rotatable bonds is 23. The molecule has 0 aliphatic carbocycles. The maximum Gasteiger partial charge on any atom is 0.298 e. The number of ether oxygens (including phenoxy) is 6. The van der Waals surface area contributed by atoms with E-state index in [0.717, 1.165) is 19.6 Å². The van der Waals surface area contributed by atoms with Crippen LogP contribution in [0.1, 0.15) is 79.8 Å². The van der Waals surface area contributed by atoms with Gasteiger partial charge in [-0.3, -0.25) is 33.4 Å². The maximum atomic E-state index is 14.0. The van der Waals surface area contributed by atoms with Gasteiger partial charge in [0.1, 0.15) is 58.3 Å². The van der Waals surface area contributed by atoms with Crippen LogP contribution in [0, 0.1) is 13.8 Å². The number of H-pyrrole nitrogens is 2. The van der Waals surface area contributed by atoms with Gasteiger partial charge in [-0.2, -0.15) is 20.2 Å². The molecule has 77 heavy (non-hydrogen) atoms. The summed E-state index contributed by atoms with van der Waals surface area (Å²) in [6.07, 6.45) is -1.54. The molecule has 4 amide bonds. The first-order valence-electron chi connectivity index (χ1n) is 25.5. The van der Waals surface area contributed by atoms with Crippen LogP contribution >= 0.6 is 0 Å². The Morgan fingerprint density at radius 2 is 1.26 bits per heavy atom. The van der Waals surface area contributed by atoms with Gasteiger partial charge >= 0.3 is 0 Å². The third-order valence-corrected chi connectivity index (χ3v) is 13.2. The zero-order valence-electron chi connectivity index (χ0n) is 43.7. The Bertz CT molecular complexity index is 3260. The van der Waals surface area contributed by atoms with Crippen LogP contribution in [0.2, 0.25) is 0 Å². The Balaban J connectivity index is 1.15. The molecule has 0 bridgehead atoms. The molecule has 26 nitrogen and oxygen atoms in total. The van der Waals surface area contributed by atoms with Gasteiger partial charge in [-0.1, -0.05) is 12.2 Å². The number of aliphatic hydroxyl groups excluding tert-OH is 3. The molecule has 26 heteroatoms. The Labute approximate surface area is 441 Å². The van der Waals surface area contributed by atoms with Crippen LogP contribution in [0.5, 0.6) is 11.5 Å². The molecule has 0 saturated carbocycles. The second-order valence-corrected chi connectivity index (χ2v) is 18.5. The minimum atomic E-state index is -1.42. The number of fused-ring (bicyclic) bond motifs is 2. The first kappa shape index (κ1) is 55.9. The van der Waals surface area contributed by atoms with E-state index in [1.165, 1.54) is 19.2 Å². The van der Waals surface area contributed by atoms with Crippen LogP contribution in [0.25, 0.3) is 22.1 Å². The van der Waals surface area contributed by atoms with Gasteiger partial charge in [-0.15, -0.1) is 0 Å². The number of hydrogen-bond acceptors (Lipinski definition) is 16. The molecule has 9 N–H and O–H groups in total. The summed E-state index contributed by atoms with van der Waals surface area (Å²) in [4.78, 5) is 71.2. The van der Waals surface area contributed by atoms with Crippen LogP contribution in [-0.4, -0.2) is 180 Å². The molecular formula is C51H67N13O13. The minimum absolute atomic E-state index is 0.00782. The minimum Gasteiger partial charge on any atom is -0.491 e. The number of methoxy groups -OCH3 is 1. The van der Waals surface area contributed by atoms with Crippen molar-refractivity contribution in [2.45, 2.75) is 97.4 Å². The topological polar surface area (TPSA) is 341 Å². The summed E-state index contributed by atoms with van der Waals surface area (Å²) in [6, 6.07) is 9.46.